The van der Waals surface area contributed by atoms with Crippen molar-refractivity contribution < 1.29 is 13.9 Å². The number of fused-ring (bicyclic) bond motifs is 1. The van der Waals surface area contributed by atoms with Gasteiger partial charge in [-0.2, -0.15) is 10.1 Å². The summed E-state index contributed by atoms with van der Waals surface area (Å²) in [5.41, 5.74) is 1.69. The Morgan fingerprint density at radius 3 is 2.82 bits per heavy atom. The molecule has 2 aromatic carbocycles. The zero-order chi connectivity index (χ0) is 19.3. The SMILES string of the molecule is COc1ccc2nc(N(/N=C/c3ccco3)C(=O)Cc3ccccc3)sc2c1. The summed E-state index contributed by atoms with van der Waals surface area (Å²) < 4.78 is 11.5. The molecule has 0 radical (unpaired) electrons. The van der Waals surface area contributed by atoms with E-state index in [-0.39, 0.29) is 12.3 Å². The molecule has 0 spiro atoms. The second kappa shape index (κ2) is 8.06. The van der Waals surface area contributed by atoms with Gasteiger partial charge in [-0.15, -0.1) is 0 Å². The molecule has 0 fully saturated rings. The summed E-state index contributed by atoms with van der Waals surface area (Å²) >= 11 is 1.38. The summed E-state index contributed by atoms with van der Waals surface area (Å²) in [4.78, 5) is 17.6. The first kappa shape index (κ1) is 17.9. The van der Waals surface area contributed by atoms with Gasteiger partial charge in [0.2, 0.25) is 5.13 Å². The van der Waals surface area contributed by atoms with Gasteiger partial charge in [-0.1, -0.05) is 41.7 Å². The van der Waals surface area contributed by atoms with E-state index in [1.807, 2.05) is 48.5 Å². The molecule has 1 amide bonds. The molecule has 4 rings (SSSR count). The molecule has 0 unspecified atom stereocenters. The molecule has 6 nitrogen and oxygen atoms in total. The van der Waals surface area contributed by atoms with Crippen LogP contribution in [0.1, 0.15) is 11.3 Å². The smallest absolute Gasteiger partial charge is 0.253 e. The van der Waals surface area contributed by atoms with Crippen LogP contribution in [0.5, 0.6) is 5.75 Å². The number of carbonyl (C=O) groups is 1. The van der Waals surface area contributed by atoms with Gasteiger partial charge in [-0.05, 0) is 35.9 Å². The van der Waals surface area contributed by atoms with Crippen molar-refractivity contribution >= 4 is 38.8 Å². The van der Waals surface area contributed by atoms with Crippen LogP contribution in [-0.2, 0) is 11.2 Å². The summed E-state index contributed by atoms with van der Waals surface area (Å²) in [5.74, 6) is 1.12. The normalized spacial score (nSPS) is 11.2. The highest BCUT2D eigenvalue weighted by molar-refractivity contribution is 7.22. The minimum absolute atomic E-state index is 0.181. The molecule has 0 aliphatic carbocycles. The standard InChI is InChI=1S/C21H17N3O3S/c1-26-16-9-10-18-19(13-16)28-21(23-18)24(22-14-17-8-5-11-27-17)20(25)12-15-6-3-2-4-7-15/h2-11,13-14H,12H2,1H3/b22-14+. The van der Waals surface area contributed by atoms with E-state index >= 15 is 0 Å². The number of carbonyl (C=O) groups excluding carboxylic acids is 1. The number of thiazole rings is 1. The van der Waals surface area contributed by atoms with Crippen molar-refractivity contribution in [3.05, 3.63) is 78.3 Å². The lowest BCUT2D eigenvalue weighted by molar-refractivity contribution is -0.118. The van der Waals surface area contributed by atoms with Crippen molar-refractivity contribution in [1.29, 1.82) is 0 Å². The third-order valence-corrected chi connectivity index (χ3v) is 5.04. The van der Waals surface area contributed by atoms with Crippen LogP contribution >= 0.6 is 11.3 Å². The summed E-state index contributed by atoms with van der Waals surface area (Å²) in [6.07, 6.45) is 3.28. The molecule has 0 aliphatic rings. The molecule has 0 saturated carbocycles. The van der Waals surface area contributed by atoms with Crippen LogP contribution in [-0.4, -0.2) is 24.2 Å². The van der Waals surface area contributed by atoms with Gasteiger partial charge in [0.1, 0.15) is 11.5 Å². The highest BCUT2D eigenvalue weighted by Gasteiger charge is 2.20. The highest BCUT2D eigenvalue weighted by Crippen LogP contribution is 2.32. The first-order valence-corrected chi connectivity index (χ1v) is 9.43. The fraction of sp³-hybridized carbons (Fsp3) is 0.0952. The number of hydrogen-bond acceptors (Lipinski definition) is 6. The fourth-order valence-corrected chi connectivity index (χ4v) is 3.62. The zero-order valence-corrected chi connectivity index (χ0v) is 15.9. The predicted molar refractivity (Wildman–Crippen MR) is 110 cm³/mol. The van der Waals surface area contributed by atoms with Gasteiger partial charge in [0.25, 0.3) is 5.91 Å². The van der Waals surface area contributed by atoms with Gasteiger partial charge in [-0.25, -0.2) is 4.98 Å². The lowest BCUT2D eigenvalue weighted by Crippen LogP contribution is -2.27. The monoisotopic (exact) mass is 391 g/mol. The van der Waals surface area contributed by atoms with Gasteiger partial charge in [-0.3, -0.25) is 4.79 Å². The number of hydrazone groups is 1. The molecular formula is C21H17N3O3S. The summed E-state index contributed by atoms with van der Waals surface area (Å²) in [7, 11) is 1.62. The van der Waals surface area contributed by atoms with Crippen LogP contribution in [0.3, 0.4) is 0 Å². The summed E-state index contributed by atoms with van der Waals surface area (Å²) in [5, 5.41) is 6.17. The van der Waals surface area contributed by atoms with E-state index in [1.54, 1.807) is 25.5 Å². The fourth-order valence-electron chi connectivity index (χ4n) is 2.66. The second-order valence-electron chi connectivity index (χ2n) is 5.96. The van der Waals surface area contributed by atoms with E-state index in [2.05, 4.69) is 10.1 Å². The molecule has 0 aliphatic heterocycles. The topological polar surface area (TPSA) is 67.9 Å². The second-order valence-corrected chi connectivity index (χ2v) is 6.97. The number of furan rings is 1. The quantitative estimate of drug-likeness (QED) is 0.358. The molecular weight excluding hydrogens is 374 g/mol. The third kappa shape index (κ3) is 3.94. The van der Waals surface area contributed by atoms with Gasteiger partial charge in [0, 0.05) is 0 Å². The van der Waals surface area contributed by atoms with E-state index < -0.39 is 0 Å². The van der Waals surface area contributed by atoms with E-state index in [9.17, 15) is 4.79 Å². The first-order valence-electron chi connectivity index (χ1n) is 8.62. The first-order chi connectivity index (χ1) is 13.7. The Balaban J connectivity index is 1.68. The molecule has 7 heteroatoms. The van der Waals surface area contributed by atoms with Crippen LogP contribution < -0.4 is 9.75 Å². The van der Waals surface area contributed by atoms with Crippen molar-refractivity contribution in [3.63, 3.8) is 0 Å². The van der Waals surface area contributed by atoms with E-state index in [4.69, 9.17) is 9.15 Å². The maximum atomic E-state index is 13.0. The number of anilines is 1. The molecule has 0 N–H and O–H groups in total. The minimum Gasteiger partial charge on any atom is -0.497 e. The number of benzene rings is 2. The number of methoxy groups -OCH3 is 1. The van der Waals surface area contributed by atoms with E-state index in [0.717, 1.165) is 21.5 Å². The Kier molecular flexibility index (Phi) is 5.16. The lowest BCUT2D eigenvalue weighted by Gasteiger charge is -2.13. The van der Waals surface area contributed by atoms with Crippen LogP contribution in [0, 0.1) is 0 Å². The molecule has 28 heavy (non-hydrogen) atoms. The Morgan fingerprint density at radius 1 is 1.21 bits per heavy atom. The zero-order valence-electron chi connectivity index (χ0n) is 15.1. The van der Waals surface area contributed by atoms with Gasteiger partial charge in [0.15, 0.2) is 0 Å². The van der Waals surface area contributed by atoms with E-state index in [0.29, 0.717) is 10.9 Å². The van der Waals surface area contributed by atoms with Gasteiger partial charge >= 0.3 is 0 Å². The molecule has 4 aromatic rings. The maximum Gasteiger partial charge on any atom is 0.253 e. The predicted octanol–water partition coefficient (Wildman–Crippen LogP) is 4.51. The van der Waals surface area contributed by atoms with Crippen molar-refractivity contribution in [2.75, 3.05) is 12.1 Å². The molecule has 2 aromatic heterocycles. The van der Waals surface area contributed by atoms with Crippen molar-refractivity contribution in [3.8, 4) is 5.75 Å². The van der Waals surface area contributed by atoms with Crippen LogP contribution in [0.25, 0.3) is 10.2 Å². The Bertz CT molecular complexity index is 1100. The minimum atomic E-state index is -0.181. The summed E-state index contributed by atoms with van der Waals surface area (Å²) in [6.45, 7) is 0. The number of nitrogens with zero attached hydrogens (tertiary/aromatic N) is 3. The van der Waals surface area contributed by atoms with Crippen molar-refractivity contribution in [2.45, 2.75) is 6.42 Å². The van der Waals surface area contributed by atoms with E-state index in [1.165, 1.54) is 22.6 Å². The van der Waals surface area contributed by atoms with Crippen LogP contribution in [0.4, 0.5) is 5.13 Å². The third-order valence-electron chi connectivity index (χ3n) is 4.04. The van der Waals surface area contributed by atoms with Gasteiger partial charge in [0.05, 0.1) is 36.2 Å². The Morgan fingerprint density at radius 2 is 2.07 bits per heavy atom. The number of aromatic nitrogens is 1. The average Bonchev–Trinajstić information content (AvgIpc) is 3.38. The molecule has 0 atom stereocenters. The number of amides is 1. The van der Waals surface area contributed by atoms with Gasteiger partial charge < -0.3 is 9.15 Å². The summed E-state index contributed by atoms with van der Waals surface area (Å²) in [6, 6.07) is 18.7. The molecule has 2 heterocycles. The maximum absolute atomic E-state index is 13.0. The highest BCUT2D eigenvalue weighted by atomic mass is 32.1. The number of hydrogen-bond donors (Lipinski definition) is 0. The van der Waals surface area contributed by atoms with Crippen LogP contribution in [0.2, 0.25) is 0 Å². The lowest BCUT2D eigenvalue weighted by atomic mass is 10.1. The number of ether oxygens (including phenoxy) is 1. The number of rotatable bonds is 6. The Hall–Kier alpha value is -3.45. The largest absolute Gasteiger partial charge is 0.497 e. The van der Waals surface area contributed by atoms with Crippen LogP contribution in [0.15, 0.2) is 76.4 Å². The molecule has 0 bridgehead atoms. The van der Waals surface area contributed by atoms with Crippen molar-refractivity contribution in [2.24, 2.45) is 5.10 Å². The van der Waals surface area contributed by atoms with Crippen molar-refractivity contribution in [1.82, 2.24) is 4.98 Å². The Labute approximate surface area is 165 Å². The molecule has 0 saturated heterocycles. The average molecular weight is 391 g/mol. The molecule has 140 valence electrons.